The maximum absolute atomic E-state index is 13.7. The Morgan fingerprint density at radius 2 is 1.65 bits per heavy atom. The number of amides is 1. The van der Waals surface area contributed by atoms with Crippen molar-refractivity contribution < 1.29 is 18.4 Å². The molecule has 6 heteroatoms. The molecule has 3 rings (SSSR count). The number of hydrogen-bond acceptors (Lipinski definition) is 3. The number of hydrogen-bond donors (Lipinski definition) is 0. The van der Waals surface area contributed by atoms with E-state index in [1.54, 1.807) is 18.0 Å². The Hall–Kier alpha value is -3.41. The van der Waals surface area contributed by atoms with Gasteiger partial charge in [-0.2, -0.15) is 13.8 Å². The zero-order valence-electron chi connectivity index (χ0n) is 17.8. The fraction of sp³-hybridized carbons (Fsp3) is 0.240. The van der Waals surface area contributed by atoms with E-state index >= 15 is 0 Å². The fourth-order valence-corrected chi connectivity index (χ4v) is 3.43. The number of aryl methyl sites for hydroxylation is 2. The molecule has 31 heavy (non-hydrogen) atoms. The summed E-state index contributed by atoms with van der Waals surface area (Å²) in [5.41, 5.74) is 4.37. The third-order valence-corrected chi connectivity index (χ3v) is 5.30. The smallest absolute Gasteiger partial charge is 0.226 e. The molecule has 0 aliphatic carbocycles. The van der Waals surface area contributed by atoms with Crippen LogP contribution in [0.3, 0.4) is 0 Å². The van der Waals surface area contributed by atoms with Crippen LogP contribution in [-0.2, 0) is 11.2 Å². The molecule has 0 saturated heterocycles. The van der Waals surface area contributed by atoms with Crippen LogP contribution in [0.5, 0.6) is 0 Å². The first kappa shape index (κ1) is 22.3. The number of pyridine rings is 1. The van der Waals surface area contributed by atoms with Crippen LogP contribution in [0, 0.1) is 18.8 Å². The van der Waals surface area contributed by atoms with E-state index in [2.05, 4.69) is 4.98 Å². The van der Waals surface area contributed by atoms with E-state index in [1.165, 1.54) is 6.07 Å². The van der Waals surface area contributed by atoms with Gasteiger partial charge in [0, 0.05) is 36.7 Å². The topological polar surface area (TPSA) is 50.3 Å². The monoisotopic (exact) mass is 422 g/mol. The van der Waals surface area contributed by atoms with Crippen LogP contribution in [0.15, 0.2) is 54.6 Å². The van der Waals surface area contributed by atoms with E-state index in [0.29, 0.717) is 12.0 Å². The number of anilines is 1. The van der Waals surface area contributed by atoms with Crippen LogP contribution in [-0.4, -0.2) is 23.7 Å². The van der Waals surface area contributed by atoms with Crippen LogP contribution in [0.25, 0.3) is 11.1 Å². The number of halogens is 2. The molecule has 1 amide bonds. The Morgan fingerprint density at radius 3 is 2.26 bits per heavy atom. The first-order valence-corrected chi connectivity index (χ1v) is 10.1. The third-order valence-electron chi connectivity index (χ3n) is 5.30. The van der Waals surface area contributed by atoms with Crippen molar-refractivity contribution in [1.29, 1.82) is 0 Å². The van der Waals surface area contributed by atoms with Gasteiger partial charge in [-0.05, 0) is 54.3 Å². The molecule has 2 aromatic carbocycles. The molecule has 0 radical (unpaired) electrons. The molecule has 0 saturated carbocycles. The highest BCUT2D eigenvalue weighted by molar-refractivity contribution is 5.98. The van der Waals surface area contributed by atoms with Crippen molar-refractivity contribution in [2.24, 2.45) is 0 Å². The zero-order valence-corrected chi connectivity index (χ0v) is 17.8. The minimum Gasteiger partial charge on any atom is -0.316 e. The highest BCUT2D eigenvalue weighted by atomic mass is 19.1. The minimum atomic E-state index is -0.880. The second-order valence-electron chi connectivity index (χ2n) is 7.39. The number of rotatable bonds is 7. The highest BCUT2D eigenvalue weighted by Crippen LogP contribution is 2.26. The Labute approximate surface area is 180 Å². The van der Waals surface area contributed by atoms with Crippen molar-refractivity contribution in [2.75, 3.05) is 11.9 Å². The van der Waals surface area contributed by atoms with Gasteiger partial charge in [-0.1, -0.05) is 37.3 Å². The van der Waals surface area contributed by atoms with Crippen LogP contribution in [0.1, 0.15) is 41.3 Å². The van der Waals surface area contributed by atoms with E-state index in [-0.39, 0.29) is 30.1 Å². The molecule has 0 aliphatic rings. The number of Topliss-reactive ketones (excluding diaryl/α,β-unsaturated/α-hetero) is 1. The van der Waals surface area contributed by atoms with Crippen molar-refractivity contribution in [2.45, 2.75) is 33.1 Å². The second-order valence-corrected chi connectivity index (χ2v) is 7.39. The van der Waals surface area contributed by atoms with Crippen LogP contribution in [0.2, 0.25) is 0 Å². The lowest BCUT2D eigenvalue weighted by Crippen LogP contribution is -2.24. The van der Waals surface area contributed by atoms with E-state index in [4.69, 9.17) is 0 Å². The second kappa shape index (κ2) is 9.60. The van der Waals surface area contributed by atoms with Crippen LogP contribution in [0.4, 0.5) is 14.5 Å². The average Bonchev–Trinajstić information content (AvgIpc) is 2.77. The summed E-state index contributed by atoms with van der Waals surface area (Å²) in [4.78, 5) is 29.2. The molecule has 0 N–H and O–H groups in total. The molecule has 0 unspecified atom stereocenters. The van der Waals surface area contributed by atoms with E-state index < -0.39 is 11.9 Å². The molecule has 160 valence electrons. The summed E-state index contributed by atoms with van der Waals surface area (Å²) in [5.74, 6) is -1.82. The van der Waals surface area contributed by atoms with Gasteiger partial charge in [0.1, 0.15) is 0 Å². The number of carbonyl (C=O) groups is 2. The van der Waals surface area contributed by atoms with Gasteiger partial charge in [0.25, 0.3) is 0 Å². The Balaban J connectivity index is 1.72. The summed E-state index contributed by atoms with van der Waals surface area (Å²) in [5, 5.41) is 0. The molecule has 0 aliphatic heterocycles. The predicted molar refractivity (Wildman–Crippen MR) is 117 cm³/mol. The standard InChI is InChI=1S/C25H24F2N2O2/c1-4-24(31)29(3)20-10-5-17(6-11-20)19-7-12-21(16(2)15-19)22(30)13-8-18-9-14-23(26)28-25(18)27/h5-7,9-12,14-15H,4,8,13H2,1-3H3. The number of carbonyl (C=O) groups excluding carboxylic acids is 2. The van der Waals surface area contributed by atoms with Crippen molar-refractivity contribution in [1.82, 2.24) is 4.98 Å². The molecule has 0 atom stereocenters. The molecule has 0 spiro atoms. The lowest BCUT2D eigenvalue weighted by atomic mass is 9.95. The van der Waals surface area contributed by atoms with Gasteiger partial charge in [-0.25, -0.2) is 0 Å². The zero-order chi connectivity index (χ0) is 22.5. The molecule has 1 aromatic heterocycles. The Kier molecular flexibility index (Phi) is 6.90. The number of nitrogens with zero attached hydrogens (tertiary/aromatic N) is 2. The van der Waals surface area contributed by atoms with Gasteiger partial charge in [0.2, 0.25) is 17.8 Å². The normalized spacial score (nSPS) is 10.7. The van der Waals surface area contributed by atoms with Crippen molar-refractivity contribution in [3.05, 3.63) is 83.2 Å². The van der Waals surface area contributed by atoms with E-state index in [0.717, 1.165) is 28.4 Å². The maximum atomic E-state index is 13.7. The van der Waals surface area contributed by atoms with Crippen LogP contribution >= 0.6 is 0 Å². The van der Waals surface area contributed by atoms with Gasteiger partial charge in [-0.15, -0.1) is 0 Å². The largest absolute Gasteiger partial charge is 0.316 e. The summed E-state index contributed by atoms with van der Waals surface area (Å²) < 4.78 is 26.6. The fourth-order valence-electron chi connectivity index (χ4n) is 3.43. The molecular formula is C25H24F2N2O2. The molecular weight excluding hydrogens is 398 g/mol. The lowest BCUT2D eigenvalue weighted by Gasteiger charge is -2.17. The first-order valence-electron chi connectivity index (χ1n) is 10.1. The molecule has 4 nitrogen and oxygen atoms in total. The Bertz CT molecular complexity index is 1110. The van der Waals surface area contributed by atoms with Gasteiger partial charge >= 0.3 is 0 Å². The molecule has 0 bridgehead atoms. The van der Waals surface area contributed by atoms with Gasteiger partial charge in [0.05, 0.1) is 0 Å². The van der Waals surface area contributed by atoms with Crippen molar-refractivity contribution >= 4 is 17.4 Å². The molecule has 1 heterocycles. The van der Waals surface area contributed by atoms with Crippen molar-refractivity contribution in [3.8, 4) is 11.1 Å². The summed E-state index contributed by atoms with van der Waals surface area (Å²) >= 11 is 0. The summed E-state index contributed by atoms with van der Waals surface area (Å²) in [6, 6.07) is 15.6. The van der Waals surface area contributed by atoms with Gasteiger partial charge in [-0.3, -0.25) is 9.59 Å². The van der Waals surface area contributed by atoms with Crippen molar-refractivity contribution in [3.63, 3.8) is 0 Å². The van der Waals surface area contributed by atoms with E-state index in [9.17, 15) is 18.4 Å². The van der Waals surface area contributed by atoms with E-state index in [1.807, 2.05) is 50.2 Å². The maximum Gasteiger partial charge on any atom is 0.226 e. The summed E-state index contributed by atoms with van der Waals surface area (Å²) in [7, 11) is 1.75. The first-order chi connectivity index (χ1) is 14.8. The lowest BCUT2D eigenvalue weighted by molar-refractivity contribution is -0.118. The highest BCUT2D eigenvalue weighted by Gasteiger charge is 2.13. The number of benzene rings is 2. The van der Waals surface area contributed by atoms with Crippen LogP contribution < -0.4 is 4.90 Å². The number of aromatic nitrogens is 1. The summed E-state index contributed by atoms with van der Waals surface area (Å²) in [6.45, 7) is 3.69. The number of ketones is 1. The SMILES string of the molecule is CCC(=O)N(C)c1ccc(-c2ccc(C(=O)CCc3ccc(F)nc3F)c(C)c2)cc1. The molecule has 3 aromatic rings. The Morgan fingerprint density at radius 1 is 0.968 bits per heavy atom. The average molecular weight is 422 g/mol. The quantitative estimate of drug-likeness (QED) is 0.372. The molecule has 0 fully saturated rings. The van der Waals surface area contributed by atoms with Gasteiger partial charge < -0.3 is 4.90 Å². The minimum absolute atomic E-state index is 0.0442. The van der Waals surface area contributed by atoms with Gasteiger partial charge in [0.15, 0.2) is 5.78 Å². The third kappa shape index (κ3) is 5.20. The summed E-state index contributed by atoms with van der Waals surface area (Å²) in [6.07, 6.45) is 0.707. The predicted octanol–water partition coefficient (Wildman–Crippen LogP) is 5.52.